The first kappa shape index (κ1) is 15.8. The molecule has 1 fully saturated rings. The van der Waals surface area contributed by atoms with Crippen LogP contribution in [0.3, 0.4) is 0 Å². The van der Waals surface area contributed by atoms with Crippen LogP contribution in [0.1, 0.15) is 32.5 Å². The number of thioether (sulfide) groups is 1. The fraction of sp³-hybridized carbons (Fsp3) is 0.818. The van der Waals surface area contributed by atoms with Crippen LogP contribution < -0.4 is 5.73 Å². The maximum Gasteiger partial charge on any atom is 0.240 e. The zero-order valence-electron chi connectivity index (χ0n) is 11.0. The van der Waals surface area contributed by atoms with Crippen LogP contribution in [0.25, 0.3) is 0 Å². The van der Waals surface area contributed by atoms with Crippen molar-refractivity contribution in [2.45, 2.75) is 38.9 Å². The van der Waals surface area contributed by atoms with Gasteiger partial charge in [0, 0.05) is 24.1 Å². The third-order valence-corrected chi connectivity index (χ3v) is 4.08. The Balaban J connectivity index is 0.00000162. The van der Waals surface area contributed by atoms with Gasteiger partial charge in [0.25, 0.3) is 0 Å². The van der Waals surface area contributed by atoms with E-state index in [9.17, 15) is 0 Å². The third kappa shape index (κ3) is 3.85. The summed E-state index contributed by atoms with van der Waals surface area (Å²) in [6.07, 6.45) is 0. The van der Waals surface area contributed by atoms with Gasteiger partial charge in [-0.25, -0.2) is 0 Å². The molecule has 1 aromatic rings. The lowest BCUT2D eigenvalue weighted by Gasteiger charge is -2.31. The number of nitrogens with zero attached hydrogens (tertiary/aromatic N) is 3. The van der Waals surface area contributed by atoms with Gasteiger partial charge in [-0.2, -0.15) is 16.7 Å². The zero-order chi connectivity index (χ0) is 12.5. The summed E-state index contributed by atoms with van der Waals surface area (Å²) >= 11 is 2.00. The Labute approximate surface area is 118 Å². The van der Waals surface area contributed by atoms with Gasteiger partial charge in [0.05, 0.1) is 12.1 Å². The molecule has 2 rings (SSSR count). The summed E-state index contributed by atoms with van der Waals surface area (Å²) in [5, 5.41) is 3.94. The highest BCUT2D eigenvalue weighted by molar-refractivity contribution is 7.99. The van der Waals surface area contributed by atoms with Crippen LogP contribution in [-0.2, 0) is 12.1 Å². The van der Waals surface area contributed by atoms with Crippen LogP contribution in [0.2, 0.25) is 0 Å². The Kier molecular flexibility index (Phi) is 5.46. The van der Waals surface area contributed by atoms with E-state index in [-0.39, 0.29) is 12.4 Å². The Morgan fingerprint density at radius 3 is 2.83 bits per heavy atom. The molecule has 104 valence electrons. The average Bonchev–Trinajstić information content (AvgIpc) is 2.69. The highest BCUT2D eigenvalue weighted by Crippen LogP contribution is 2.19. The van der Waals surface area contributed by atoms with E-state index in [0.717, 1.165) is 13.1 Å². The first-order valence-electron chi connectivity index (χ1n) is 5.90. The van der Waals surface area contributed by atoms with E-state index in [2.05, 4.69) is 22.0 Å². The zero-order valence-corrected chi connectivity index (χ0v) is 12.7. The van der Waals surface area contributed by atoms with Crippen molar-refractivity contribution in [1.29, 1.82) is 0 Å². The predicted molar refractivity (Wildman–Crippen MR) is 76.0 cm³/mol. The predicted octanol–water partition coefficient (Wildman–Crippen LogP) is 1.62. The van der Waals surface area contributed by atoms with Gasteiger partial charge in [0.2, 0.25) is 5.89 Å². The number of hydrogen-bond donors (Lipinski definition) is 1. The van der Waals surface area contributed by atoms with Gasteiger partial charge < -0.3 is 10.3 Å². The topological polar surface area (TPSA) is 68.2 Å². The number of halogens is 1. The molecule has 2 N–H and O–H groups in total. The van der Waals surface area contributed by atoms with E-state index < -0.39 is 5.54 Å². The van der Waals surface area contributed by atoms with Crippen molar-refractivity contribution in [3.05, 3.63) is 11.7 Å². The van der Waals surface area contributed by atoms with Crippen LogP contribution in [-0.4, -0.2) is 39.1 Å². The minimum atomic E-state index is -0.537. The quantitative estimate of drug-likeness (QED) is 0.913. The number of rotatable bonds is 3. The summed E-state index contributed by atoms with van der Waals surface area (Å²) in [5.74, 6) is 3.58. The maximum atomic E-state index is 5.93. The molecule has 0 spiro atoms. The molecule has 0 amide bonds. The van der Waals surface area contributed by atoms with Gasteiger partial charge in [0.15, 0.2) is 5.82 Å². The molecule has 1 saturated heterocycles. The Morgan fingerprint density at radius 1 is 1.56 bits per heavy atom. The molecule has 0 aliphatic carbocycles. The van der Waals surface area contributed by atoms with Gasteiger partial charge in [-0.3, -0.25) is 4.90 Å². The van der Waals surface area contributed by atoms with Crippen molar-refractivity contribution in [2.24, 2.45) is 5.73 Å². The summed E-state index contributed by atoms with van der Waals surface area (Å²) in [5.41, 5.74) is 5.39. The molecule has 2 heterocycles. The molecule has 0 saturated carbocycles. The highest BCUT2D eigenvalue weighted by Gasteiger charge is 2.24. The second kappa shape index (κ2) is 6.23. The normalized spacial score (nSPS) is 21.7. The van der Waals surface area contributed by atoms with Crippen molar-refractivity contribution in [3.63, 3.8) is 0 Å². The van der Waals surface area contributed by atoms with Gasteiger partial charge >= 0.3 is 0 Å². The molecule has 1 aliphatic rings. The third-order valence-electron chi connectivity index (χ3n) is 2.89. The van der Waals surface area contributed by atoms with Crippen LogP contribution in [0.4, 0.5) is 0 Å². The second-order valence-corrected chi connectivity index (χ2v) is 6.28. The minimum absolute atomic E-state index is 0. The monoisotopic (exact) mass is 292 g/mol. The summed E-state index contributed by atoms with van der Waals surface area (Å²) in [6, 6.07) is 0.565. The lowest BCUT2D eigenvalue weighted by Crippen LogP contribution is -2.39. The molecule has 1 unspecified atom stereocenters. The number of aromatic nitrogens is 2. The SMILES string of the molecule is CC1CSCCN1Cc1nc(C(C)(C)N)no1.Cl. The first-order valence-corrected chi connectivity index (χ1v) is 7.06. The van der Waals surface area contributed by atoms with Crippen LogP contribution in [0.15, 0.2) is 4.52 Å². The van der Waals surface area contributed by atoms with E-state index in [1.165, 1.54) is 11.5 Å². The van der Waals surface area contributed by atoms with Crippen LogP contribution in [0, 0.1) is 0 Å². The van der Waals surface area contributed by atoms with E-state index in [1.807, 2.05) is 25.6 Å². The molecule has 1 aliphatic heterocycles. The van der Waals surface area contributed by atoms with E-state index >= 15 is 0 Å². The van der Waals surface area contributed by atoms with Gasteiger partial charge in [0.1, 0.15) is 0 Å². The summed E-state index contributed by atoms with van der Waals surface area (Å²) in [7, 11) is 0. The first-order chi connectivity index (χ1) is 7.97. The standard InChI is InChI=1S/C11H20N4OS.ClH/c1-8-7-17-5-4-15(8)6-9-13-10(14-16-9)11(2,3)12;/h8H,4-7,12H2,1-3H3;1H. The molecule has 1 aromatic heterocycles. The maximum absolute atomic E-state index is 5.93. The number of nitrogens with two attached hydrogens (primary N) is 1. The smallest absolute Gasteiger partial charge is 0.240 e. The fourth-order valence-electron chi connectivity index (χ4n) is 1.75. The van der Waals surface area contributed by atoms with E-state index in [0.29, 0.717) is 17.8 Å². The molecular formula is C11H21ClN4OS. The Bertz CT molecular complexity index is 379. The molecule has 18 heavy (non-hydrogen) atoms. The van der Waals surface area contributed by atoms with Gasteiger partial charge in [-0.1, -0.05) is 5.16 Å². The summed E-state index contributed by atoms with van der Waals surface area (Å²) < 4.78 is 5.25. The molecule has 0 aromatic carbocycles. The molecule has 5 nitrogen and oxygen atoms in total. The Morgan fingerprint density at radius 2 is 2.28 bits per heavy atom. The summed E-state index contributed by atoms with van der Waals surface area (Å²) in [6.45, 7) is 7.79. The largest absolute Gasteiger partial charge is 0.338 e. The summed E-state index contributed by atoms with van der Waals surface area (Å²) in [4.78, 5) is 6.73. The highest BCUT2D eigenvalue weighted by atomic mass is 35.5. The van der Waals surface area contributed by atoms with Crippen molar-refractivity contribution < 1.29 is 4.52 Å². The van der Waals surface area contributed by atoms with Gasteiger partial charge in [-0.05, 0) is 20.8 Å². The van der Waals surface area contributed by atoms with Crippen molar-refractivity contribution in [3.8, 4) is 0 Å². The molecule has 1 atom stereocenters. The molecular weight excluding hydrogens is 272 g/mol. The van der Waals surface area contributed by atoms with Crippen LogP contribution in [0.5, 0.6) is 0 Å². The van der Waals surface area contributed by atoms with Gasteiger partial charge in [-0.15, -0.1) is 12.4 Å². The van der Waals surface area contributed by atoms with E-state index in [1.54, 1.807) is 0 Å². The van der Waals surface area contributed by atoms with Crippen molar-refractivity contribution >= 4 is 24.2 Å². The fourth-order valence-corrected chi connectivity index (χ4v) is 2.83. The lowest BCUT2D eigenvalue weighted by molar-refractivity contribution is 0.193. The molecule has 0 bridgehead atoms. The van der Waals surface area contributed by atoms with Crippen molar-refractivity contribution in [2.75, 3.05) is 18.1 Å². The van der Waals surface area contributed by atoms with Crippen LogP contribution >= 0.6 is 24.2 Å². The molecule has 0 radical (unpaired) electrons. The number of hydrogen-bond acceptors (Lipinski definition) is 6. The second-order valence-electron chi connectivity index (χ2n) is 5.13. The lowest BCUT2D eigenvalue weighted by atomic mass is 10.1. The van der Waals surface area contributed by atoms with E-state index in [4.69, 9.17) is 10.3 Å². The molecule has 7 heteroatoms. The minimum Gasteiger partial charge on any atom is -0.338 e. The average molecular weight is 293 g/mol. The Hall–Kier alpha value is -0.300. The van der Waals surface area contributed by atoms with Crippen molar-refractivity contribution in [1.82, 2.24) is 15.0 Å².